The van der Waals surface area contributed by atoms with Crippen molar-refractivity contribution in [3.05, 3.63) is 27.7 Å². The predicted octanol–water partition coefficient (Wildman–Crippen LogP) is 3.00. The summed E-state index contributed by atoms with van der Waals surface area (Å²) < 4.78 is 0. The van der Waals surface area contributed by atoms with Crippen molar-refractivity contribution in [1.29, 1.82) is 0 Å². The van der Waals surface area contributed by atoms with E-state index < -0.39 is 6.10 Å². The minimum atomic E-state index is -0.639. The third kappa shape index (κ3) is 4.03. The SMILES string of the molecule is CCC(C)NCC(O)c1cc(Cl)c(N)c(Cl)c1. The van der Waals surface area contributed by atoms with E-state index in [1.165, 1.54) is 0 Å². The van der Waals surface area contributed by atoms with Crippen molar-refractivity contribution in [2.75, 3.05) is 12.3 Å². The first kappa shape index (κ1) is 14.6. The molecule has 0 aliphatic carbocycles. The molecule has 2 unspecified atom stereocenters. The van der Waals surface area contributed by atoms with Crippen LogP contribution in [0.4, 0.5) is 5.69 Å². The molecule has 0 aliphatic heterocycles. The van der Waals surface area contributed by atoms with Gasteiger partial charge in [-0.15, -0.1) is 0 Å². The number of nitrogens with one attached hydrogen (secondary N) is 1. The minimum Gasteiger partial charge on any atom is -0.396 e. The fourth-order valence-electron chi connectivity index (χ4n) is 1.37. The van der Waals surface area contributed by atoms with Crippen LogP contribution in [0.3, 0.4) is 0 Å². The molecule has 1 aromatic rings. The van der Waals surface area contributed by atoms with Crippen molar-refractivity contribution in [1.82, 2.24) is 5.32 Å². The van der Waals surface area contributed by atoms with E-state index in [-0.39, 0.29) is 0 Å². The number of nitrogen functional groups attached to an aromatic ring is 1. The summed E-state index contributed by atoms with van der Waals surface area (Å²) in [4.78, 5) is 0. The second-order valence-corrected chi connectivity index (χ2v) is 4.95. The van der Waals surface area contributed by atoms with E-state index in [4.69, 9.17) is 28.9 Å². The summed E-state index contributed by atoms with van der Waals surface area (Å²) in [6.45, 7) is 4.61. The first-order valence-electron chi connectivity index (χ1n) is 5.61. The number of aliphatic hydroxyl groups excluding tert-OH is 1. The molecule has 0 amide bonds. The summed E-state index contributed by atoms with van der Waals surface area (Å²) in [7, 11) is 0. The van der Waals surface area contributed by atoms with Crippen LogP contribution in [0.2, 0.25) is 10.0 Å². The Balaban J connectivity index is 2.72. The van der Waals surface area contributed by atoms with Gasteiger partial charge in [0.15, 0.2) is 0 Å². The molecule has 4 N–H and O–H groups in total. The van der Waals surface area contributed by atoms with Gasteiger partial charge in [-0.25, -0.2) is 0 Å². The van der Waals surface area contributed by atoms with Crippen molar-refractivity contribution in [3.63, 3.8) is 0 Å². The predicted molar refractivity (Wildman–Crippen MR) is 73.6 cm³/mol. The second-order valence-electron chi connectivity index (χ2n) is 4.13. The quantitative estimate of drug-likeness (QED) is 0.725. The van der Waals surface area contributed by atoms with Gasteiger partial charge in [0, 0.05) is 12.6 Å². The molecule has 1 rings (SSSR count). The van der Waals surface area contributed by atoms with Crippen molar-refractivity contribution >= 4 is 28.9 Å². The van der Waals surface area contributed by atoms with Gasteiger partial charge in [0.25, 0.3) is 0 Å². The fraction of sp³-hybridized carbons (Fsp3) is 0.500. The molecule has 0 heterocycles. The Hall–Kier alpha value is -0.480. The molecule has 1 aromatic carbocycles. The highest BCUT2D eigenvalue weighted by Crippen LogP contribution is 2.31. The van der Waals surface area contributed by atoms with Gasteiger partial charge in [0.05, 0.1) is 21.8 Å². The van der Waals surface area contributed by atoms with Crippen LogP contribution >= 0.6 is 23.2 Å². The molecule has 0 aliphatic rings. The highest BCUT2D eigenvalue weighted by molar-refractivity contribution is 6.38. The minimum absolute atomic E-state index is 0.346. The van der Waals surface area contributed by atoms with Crippen LogP contribution in [0.25, 0.3) is 0 Å². The Kier molecular flexibility index (Phi) is 5.53. The van der Waals surface area contributed by atoms with Gasteiger partial charge in [0.1, 0.15) is 0 Å². The molecular weight excluding hydrogens is 259 g/mol. The molecule has 2 atom stereocenters. The summed E-state index contributed by atoms with van der Waals surface area (Å²) in [6, 6.07) is 3.65. The Morgan fingerprint density at radius 1 is 1.35 bits per heavy atom. The van der Waals surface area contributed by atoms with E-state index in [9.17, 15) is 5.11 Å². The highest BCUT2D eigenvalue weighted by Gasteiger charge is 2.12. The zero-order valence-electron chi connectivity index (χ0n) is 10.0. The van der Waals surface area contributed by atoms with E-state index in [1.54, 1.807) is 12.1 Å². The third-order valence-electron chi connectivity index (χ3n) is 2.76. The summed E-state index contributed by atoms with van der Waals surface area (Å²) in [5, 5.41) is 13.9. The number of nitrogens with two attached hydrogens (primary N) is 1. The molecule has 3 nitrogen and oxygen atoms in total. The number of anilines is 1. The number of hydrogen-bond donors (Lipinski definition) is 3. The van der Waals surface area contributed by atoms with Crippen LogP contribution < -0.4 is 11.1 Å². The van der Waals surface area contributed by atoms with Gasteiger partial charge in [0.2, 0.25) is 0 Å². The van der Waals surface area contributed by atoms with Gasteiger partial charge in [-0.1, -0.05) is 30.1 Å². The summed E-state index contributed by atoms with van der Waals surface area (Å²) in [5.74, 6) is 0. The van der Waals surface area contributed by atoms with Crippen LogP contribution in [-0.4, -0.2) is 17.7 Å². The van der Waals surface area contributed by atoms with Gasteiger partial charge >= 0.3 is 0 Å². The lowest BCUT2D eigenvalue weighted by molar-refractivity contribution is 0.170. The van der Waals surface area contributed by atoms with Crippen LogP contribution in [-0.2, 0) is 0 Å². The maximum absolute atomic E-state index is 9.98. The molecule has 5 heteroatoms. The maximum Gasteiger partial charge on any atom is 0.0915 e. The van der Waals surface area contributed by atoms with Gasteiger partial charge in [-0.05, 0) is 31.0 Å². The van der Waals surface area contributed by atoms with Crippen molar-refractivity contribution < 1.29 is 5.11 Å². The van der Waals surface area contributed by atoms with E-state index in [1.807, 2.05) is 0 Å². The molecule has 0 saturated heterocycles. The number of rotatable bonds is 5. The molecular formula is C12H18Cl2N2O. The third-order valence-corrected chi connectivity index (χ3v) is 3.38. The Morgan fingerprint density at radius 3 is 2.35 bits per heavy atom. The summed E-state index contributed by atoms with van der Waals surface area (Å²) >= 11 is 11.8. The number of aliphatic hydroxyl groups is 1. The molecule has 17 heavy (non-hydrogen) atoms. The largest absolute Gasteiger partial charge is 0.396 e. The lowest BCUT2D eigenvalue weighted by Gasteiger charge is -2.17. The van der Waals surface area contributed by atoms with E-state index in [0.717, 1.165) is 6.42 Å². The van der Waals surface area contributed by atoms with Crippen molar-refractivity contribution in [2.45, 2.75) is 32.4 Å². The lowest BCUT2D eigenvalue weighted by atomic mass is 10.1. The summed E-state index contributed by atoms with van der Waals surface area (Å²) in [5.41, 5.74) is 6.65. The van der Waals surface area contributed by atoms with Crippen LogP contribution in [0.1, 0.15) is 31.9 Å². The standard InChI is InChI=1S/C12H18Cl2N2O/c1-3-7(2)16-6-11(17)8-4-9(13)12(15)10(14)5-8/h4-5,7,11,16-17H,3,6,15H2,1-2H3. The molecule has 0 spiro atoms. The van der Waals surface area contributed by atoms with Gasteiger partial charge in [-0.2, -0.15) is 0 Å². The average Bonchev–Trinajstić information content (AvgIpc) is 2.31. The van der Waals surface area contributed by atoms with Crippen LogP contribution in [0, 0.1) is 0 Å². The fourth-order valence-corrected chi connectivity index (χ4v) is 1.88. The molecule has 0 radical (unpaired) electrons. The molecule has 0 fully saturated rings. The Morgan fingerprint density at radius 2 is 1.88 bits per heavy atom. The second kappa shape index (κ2) is 6.45. The first-order chi connectivity index (χ1) is 7.95. The average molecular weight is 277 g/mol. The van der Waals surface area contributed by atoms with Crippen molar-refractivity contribution in [2.24, 2.45) is 0 Å². The van der Waals surface area contributed by atoms with Gasteiger partial charge in [-0.3, -0.25) is 0 Å². The Labute approximate surface area is 112 Å². The molecule has 0 bridgehead atoms. The highest BCUT2D eigenvalue weighted by atomic mass is 35.5. The monoisotopic (exact) mass is 276 g/mol. The van der Waals surface area contributed by atoms with E-state index in [2.05, 4.69) is 19.2 Å². The van der Waals surface area contributed by atoms with Crippen molar-refractivity contribution in [3.8, 4) is 0 Å². The number of halogens is 2. The van der Waals surface area contributed by atoms with E-state index >= 15 is 0 Å². The van der Waals surface area contributed by atoms with Crippen LogP contribution in [0.5, 0.6) is 0 Å². The van der Waals surface area contributed by atoms with E-state index in [0.29, 0.717) is 33.9 Å². The van der Waals surface area contributed by atoms with Crippen LogP contribution in [0.15, 0.2) is 12.1 Å². The van der Waals surface area contributed by atoms with Gasteiger partial charge < -0.3 is 16.2 Å². The normalized spacial score (nSPS) is 14.6. The molecule has 96 valence electrons. The number of benzene rings is 1. The zero-order chi connectivity index (χ0) is 13.0. The molecule has 0 saturated carbocycles. The lowest BCUT2D eigenvalue weighted by Crippen LogP contribution is -2.29. The zero-order valence-corrected chi connectivity index (χ0v) is 11.5. The summed E-state index contributed by atoms with van der Waals surface area (Å²) in [6.07, 6.45) is 0.371. The topological polar surface area (TPSA) is 58.3 Å². The maximum atomic E-state index is 9.98. The smallest absolute Gasteiger partial charge is 0.0915 e. The molecule has 0 aromatic heterocycles. The first-order valence-corrected chi connectivity index (χ1v) is 6.37. The Bertz CT molecular complexity index is 362. The number of hydrogen-bond acceptors (Lipinski definition) is 3.